The Morgan fingerprint density at radius 2 is 0.839 bits per heavy atom. The van der Waals surface area contributed by atoms with Crippen molar-refractivity contribution in [2.75, 3.05) is 4.90 Å². The molecule has 0 radical (unpaired) electrons. The molecule has 1 aromatic heterocycles. The highest BCUT2D eigenvalue weighted by molar-refractivity contribution is 7.26. The van der Waals surface area contributed by atoms with Crippen molar-refractivity contribution in [3.8, 4) is 11.1 Å². The molecule has 0 saturated heterocycles. The molecule has 0 amide bonds. The molecule has 0 spiro atoms. The number of benzene rings is 11. The van der Waals surface area contributed by atoms with Gasteiger partial charge in [0.2, 0.25) is 0 Å². The number of fused-ring (bicyclic) bond motifs is 13. The van der Waals surface area contributed by atoms with E-state index in [1.807, 2.05) is 11.3 Å². The molecule has 0 aliphatic rings. The normalized spacial score (nSPS) is 12.2. The standard InChI is InChI=1S/C60H45NS/c1-36(2)38-21-27-42(28-22-38)61(43-29-23-39(24-30-43)37(3)4)60-51-19-11-9-17-48(51)58(49-18-10-12-20-52(49)60)41-26-31-46-55-34-53-50-32-25-40-13-5-6-14-44(40)59(50)47-16-8-7-15-45(47)54(53)35-57(55)62-56(46)33-41/h5-37H,1-4H3. The Kier molecular flexibility index (Phi) is 8.49. The van der Waals surface area contributed by atoms with Crippen LogP contribution in [0, 0.1) is 0 Å². The molecule has 296 valence electrons. The largest absolute Gasteiger partial charge is 0.309 e. The van der Waals surface area contributed by atoms with E-state index in [4.69, 9.17) is 0 Å². The van der Waals surface area contributed by atoms with Crippen LogP contribution in [0.2, 0.25) is 0 Å². The molecule has 12 aromatic rings. The Labute approximate surface area is 366 Å². The molecule has 12 rings (SSSR count). The van der Waals surface area contributed by atoms with Crippen LogP contribution in [0.15, 0.2) is 188 Å². The zero-order valence-electron chi connectivity index (χ0n) is 35.4. The summed E-state index contributed by atoms with van der Waals surface area (Å²) in [4.78, 5) is 2.48. The smallest absolute Gasteiger partial charge is 0.0618 e. The van der Waals surface area contributed by atoms with Crippen LogP contribution in [0.1, 0.15) is 50.7 Å². The molecule has 0 N–H and O–H groups in total. The first-order valence-electron chi connectivity index (χ1n) is 22.0. The molecular weight excluding hydrogens is 767 g/mol. The highest BCUT2D eigenvalue weighted by atomic mass is 32.1. The maximum atomic E-state index is 2.48. The molecule has 0 aliphatic heterocycles. The monoisotopic (exact) mass is 811 g/mol. The van der Waals surface area contributed by atoms with Crippen molar-refractivity contribution in [3.05, 3.63) is 199 Å². The molecule has 1 heterocycles. The van der Waals surface area contributed by atoms with E-state index in [0.717, 1.165) is 11.4 Å². The molecule has 0 atom stereocenters. The van der Waals surface area contributed by atoms with Crippen molar-refractivity contribution >= 4 is 113 Å². The quantitative estimate of drug-likeness (QED) is 0.119. The van der Waals surface area contributed by atoms with Crippen LogP contribution >= 0.6 is 11.3 Å². The van der Waals surface area contributed by atoms with Gasteiger partial charge in [-0.05, 0) is 130 Å². The van der Waals surface area contributed by atoms with Gasteiger partial charge in [0.05, 0.1) is 5.69 Å². The first-order valence-corrected chi connectivity index (χ1v) is 22.8. The van der Waals surface area contributed by atoms with Crippen molar-refractivity contribution in [1.82, 2.24) is 0 Å². The third-order valence-electron chi connectivity index (χ3n) is 13.4. The minimum absolute atomic E-state index is 0.460. The predicted octanol–water partition coefficient (Wildman–Crippen LogP) is 18.4. The Bertz CT molecular complexity index is 3630. The third-order valence-corrected chi connectivity index (χ3v) is 14.5. The molecule has 11 aromatic carbocycles. The molecule has 2 heteroatoms. The van der Waals surface area contributed by atoms with Gasteiger partial charge in [-0.1, -0.05) is 173 Å². The summed E-state index contributed by atoms with van der Waals surface area (Å²) in [6.07, 6.45) is 0. The fraction of sp³-hybridized carbons (Fsp3) is 0.100. The maximum Gasteiger partial charge on any atom is 0.0618 e. The van der Waals surface area contributed by atoms with E-state index in [9.17, 15) is 0 Å². The van der Waals surface area contributed by atoms with Crippen molar-refractivity contribution < 1.29 is 0 Å². The number of hydrogen-bond donors (Lipinski definition) is 0. The fourth-order valence-electron chi connectivity index (χ4n) is 10.2. The third kappa shape index (κ3) is 5.67. The highest BCUT2D eigenvalue weighted by Gasteiger charge is 2.23. The van der Waals surface area contributed by atoms with Gasteiger partial charge in [-0.15, -0.1) is 11.3 Å². The lowest BCUT2D eigenvalue weighted by molar-refractivity contribution is 0.866. The summed E-state index contributed by atoms with van der Waals surface area (Å²) in [6.45, 7) is 9.06. The Hall–Kier alpha value is -7.00. The summed E-state index contributed by atoms with van der Waals surface area (Å²) in [5.41, 5.74) is 8.71. The van der Waals surface area contributed by atoms with Crippen LogP contribution in [0.4, 0.5) is 17.1 Å². The number of rotatable bonds is 6. The summed E-state index contributed by atoms with van der Waals surface area (Å²) in [7, 11) is 0. The molecule has 0 fully saturated rings. The first kappa shape index (κ1) is 36.8. The summed E-state index contributed by atoms with van der Waals surface area (Å²) < 4.78 is 2.63. The average molecular weight is 812 g/mol. The zero-order valence-corrected chi connectivity index (χ0v) is 36.2. The van der Waals surface area contributed by atoms with E-state index in [2.05, 4.69) is 221 Å². The van der Waals surface area contributed by atoms with Crippen LogP contribution in [0.3, 0.4) is 0 Å². The van der Waals surface area contributed by atoms with Crippen molar-refractivity contribution in [2.45, 2.75) is 39.5 Å². The first-order chi connectivity index (χ1) is 30.4. The predicted molar refractivity (Wildman–Crippen MR) is 273 cm³/mol. The van der Waals surface area contributed by atoms with Gasteiger partial charge in [0.1, 0.15) is 0 Å². The highest BCUT2D eigenvalue weighted by Crippen LogP contribution is 2.50. The van der Waals surface area contributed by atoms with Gasteiger partial charge >= 0.3 is 0 Å². The molecule has 0 bridgehead atoms. The van der Waals surface area contributed by atoms with E-state index in [0.29, 0.717) is 11.8 Å². The SMILES string of the molecule is CC(C)c1ccc(N(c2ccc(C(C)C)cc2)c2c3ccccc3c(-c3ccc4c(c3)sc3cc5c6ccccc6c6c7ccccc7ccc6c5cc34)c3ccccc23)cc1. The van der Waals surface area contributed by atoms with Gasteiger partial charge in [-0.25, -0.2) is 0 Å². The average Bonchev–Trinajstić information content (AvgIpc) is 3.67. The maximum absolute atomic E-state index is 2.48. The second kappa shape index (κ2) is 14.3. The number of anilines is 3. The number of nitrogens with zero attached hydrogens (tertiary/aromatic N) is 1. The van der Waals surface area contributed by atoms with E-state index in [-0.39, 0.29) is 0 Å². The topological polar surface area (TPSA) is 3.24 Å². The van der Waals surface area contributed by atoms with Gasteiger partial charge in [-0.3, -0.25) is 0 Å². The number of hydrogen-bond acceptors (Lipinski definition) is 2. The van der Waals surface area contributed by atoms with Gasteiger partial charge in [0, 0.05) is 42.3 Å². The van der Waals surface area contributed by atoms with Gasteiger partial charge < -0.3 is 4.90 Å². The summed E-state index contributed by atoms with van der Waals surface area (Å²) in [5, 5.41) is 18.1. The van der Waals surface area contributed by atoms with Crippen LogP contribution in [-0.4, -0.2) is 0 Å². The van der Waals surface area contributed by atoms with Crippen molar-refractivity contribution in [2.24, 2.45) is 0 Å². The Morgan fingerprint density at radius 3 is 1.45 bits per heavy atom. The lowest BCUT2D eigenvalue weighted by atomic mass is 9.89. The molecule has 62 heavy (non-hydrogen) atoms. The van der Waals surface area contributed by atoms with Crippen LogP contribution in [0.5, 0.6) is 0 Å². The number of thiophene rings is 1. The van der Waals surface area contributed by atoms with Crippen LogP contribution in [-0.2, 0) is 0 Å². The zero-order chi connectivity index (χ0) is 41.6. The van der Waals surface area contributed by atoms with Gasteiger partial charge in [0.25, 0.3) is 0 Å². The Balaban J connectivity index is 1.09. The Morgan fingerprint density at radius 1 is 0.355 bits per heavy atom. The fourth-order valence-corrected chi connectivity index (χ4v) is 11.4. The second-order valence-electron chi connectivity index (χ2n) is 17.6. The minimum Gasteiger partial charge on any atom is -0.309 e. The molecule has 0 saturated carbocycles. The molecule has 0 unspecified atom stereocenters. The molecule has 0 aliphatic carbocycles. The molecular formula is C60H45NS. The van der Waals surface area contributed by atoms with Gasteiger partial charge in [0.15, 0.2) is 0 Å². The summed E-state index contributed by atoms with van der Waals surface area (Å²) in [5.74, 6) is 0.920. The van der Waals surface area contributed by atoms with Crippen molar-refractivity contribution in [1.29, 1.82) is 0 Å². The van der Waals surface area contributed by atoms with E-state index < -0.39 is 0 Å². The summed E-state index contributed by atoms with van der Waals surface area (Å²) in [6, 6.07) is 71.0. The van der Waals surface area contributed by atoms with E-state index >= 15 is 0 Å². The van der Waals surface area contributed by atoms with E-state index in [1.165, 1.54) is 113 Å². The lowest BCUT2D eigenvalue weighted by Crippen LogP contribution is -2.12. The minimum atomic E-state index is 0.460. The second-order valence-corrected chi connectivity index (χ2v) is 18.7. The van der Waals surface area contributed by atoms with Crippen LogP contribution in [0.25, 0.3) is 95.9 Å². The van der Waals surface area contributed by atoms with Crippen molar-refractivity contribution in [3.63, 3.8) is 0 Å². The molecule has 1 nitrogen and oxygen atoms in total. The van der Waals surface area contributed by atoms with E-state index in [1.54, 1.807) is 0 Å². The van der Waals surface area contributed by atoms with Crippen LogP contribution < -0.4 is 4.90 Å². The summed E-state index contributed by atoms with van der Waals surface area (Å²) >= 11 is 1.91. The lowest BCUT2D eigenvalue weighted by Gasteiger charge is -2.30. The van der Waals surface area contributed by atoms with Gasteiger partial charge in [-0.2, -0.15) is 0 Å².